The quantitative estimate of drug-likeness (QED) is 0.0425. The van der Waals surface area contributed by atoms with Gasteiger partial charge in [0.15, 0.2) is 0 Å². The molecule has 2 atom stereocenters. The van der Waals surface area contributed by atoms with Crippen LogP contribution >= 0.6 is 0 Å². The van der Waals surface area contributed by atoms with Crippen LogP contribution in [0.2, 0.25) is 0 Å². The smallest absolute Gasteiger partial charge is 0.220 e. The van der Waals surface area contributed by atoms with Gasteiger partial charge in [-0.2, -0.15) is 0 Å². The van der Waals surface area contributed by atoms with Crippen molar-refractivity contribution in [3.8, 4) is 0 Å². The first kappa shape index (κ1) is 54.9. The van der Waals surface area contributed by atoms with Crippen LogP contribution in [0.3, 0.4) is 0 Å². The first-order valence-electron chi connectivity index (χ1n) is 25.6. The second-order valence-corrected chi connectivity index (χ2v) is 17.6. The third-order valence-electron chi connectivity index (χ3n) is 11.9. The summed E-state index contributed by atoms with van der Waals surface area (Å²) >= 11 is 0. The number of unbranched alkanes of at least 4 members (excludes halogenated alkanes) is 38. The van der Waals surface area contributed by atoms with Gasteiger partial charge in [-0.1, -0.05) is 256 Å². The molecule has 0 aromatic heterocycles. The van der Waals surface area contributed by atoms with Gasteiger partial charge in [0, 0.05) is 6.42 Å². The van der Waals surface area contributed by atoms with E-state index in [2.05, 4.69) is 31.3 Å². The van der Waals surface area contributed by atoms with Crippen LogP contribution in [0.25, 0.3) is 0 Å². The lowest BCUT2D eigenvalue weighted by atomic mass is 10.0. The molecule has 0 aliphatic carbocycles. The molecule has 0 radical (unpaired) electrons. The van der Waals surface area contributed by atoms with Crippen LogP contribution < -0.4 is 5.32 Å². The van der Waals surface area contributed by atoms with E-state index in [9.17, 15) is 15.0 Å². The average molecular weight is 788 g/mol. The third kappa shape index (κ3) is 44.0. The molecule has 0 spiro atoms. The maximum Gasteiger partial charge on any atom is 0.220 e. The van der Waals surface area contributed by atoms with Crippen molar-refractivity contribution in [1.82, 2.24) is 5.32 Å². The van der Waals surface area contributed by atoms with Crippen molar-refractivity contribution in [2.45, 2.75) is 296 Å². The molecule has 56 heavy (non-hydrogen) atoms. The average Bonchev–Trinajstić information content (AvgIpc) is 3.20. The molecule has 2 unspecified atom stereocenters. The van der Waals surface area contributed by atoms with Crippen molar-refractivity contribution < 1.29 is 15.0 Å². The number of rotatable bonds is 47. The van der Waals surface area contributed by atoms with Crippen molar-refractivity contribution >= 4 is 5.91 Å². The van der Waals surface area contributed by atoms with E-state index in [1.165, 1.54) is 231 Å². The molecule has 332 valence electrons. The summed E-state index contributed by atoms with van der Waals surface area (Å²) in [5.41, 5.74) is 0. The Labute approximate surface area is 351 Å². The molecule has 0 aliphatic heterocycles. The Hall–Kier alpha value is -1.13. The first-order chi connectivity index (χ1) is 27.7. The summed E-state index contributed by atoms with van der Waals surface area (Å²) in [4.78, 5) is 12.4. The Bertz CT molecular complexity index is 810. The van der Waals surface area contributed by atoms with Gasteiger partial charge < -0.3 is 15.5 Å². The molecule has 3 N–H and O–H groups in total. The van der Waals surface area contributed by atoms with Crippen LogP contribution in [-0.2, 0) is 4.79 Å². The van der Waals surface area contributed by atoms with Gasteiger partial charge in [-0.15, -0.1) is 0 Å². The number of carbonyl (C=O) groups is 1. The maximum atomic E-state index is 12.4. The van der Waals surface area contributed by atoms with Crippen LogP contribution in [-0.4, -0.2) is 34.9 Å². The number of hydrogen-bond acceptors (Lipinski definition) is 3. The lowest BCUT2D eigenvalue weighted by Crippen LogP contribution is -2.45. The van der Waals surface area contributed by atoms with Crippen molar-refractivity contribution in [3.63, 3.8) is 0 Å². The summed E-state index contributed by atoms with van der Waals surface area (Å²) < 4.78 is 0. The topological polar surface area (TPSA) is 69.6 Å². The van der Waals surface area contributed by atoms with E-state index in [-0.39, 0.29) is 12.5 Å². The van der Waals surface area contributed by atoms with Gasteiger partial charge >= 0.3 is 0 Å². The van der Waals surface area contributed by atoms with E-state index >= 15 is 0 Å². The highest BCUT2D eigenvalue weighted by molar-refractivity contribution is 5.76. The summed E-state index contributed by atoms with van der Waals surface area (Å²) in [6, 6.07) is -0.625. The normalized spacial score (nSPS) is 13.0. The van der Waals surface area contributed by atoms with Gasteiger partial charge in [-0.05, 0) is 44.9 Å². The van der Waals surface area contributed by atoms with E-state index in [1.807, 2.05) is 6.08 Å². The summed E-state index contributed by atoms with van der Waals surface area (Å²) in [7, 11) is 0. The number of nitrogens with one attached hydrogen (secondary N) is 1. The van der Waals surface area contributed by atoms with Gasteiger partial charge in [0.05, 0.1) is 18.8 Å². The molecule has 0 aliphatic rings. The molecule has 0 aromatic carbocycles. The van der Waals surface area contributed by atoms with Crippen LogP contribution in [0.15, 0.2) is 24.3 Å². The van der Waals surface area contributed by atoms with E-state index in [4.69, 9.17) is 0 Å². The molecular weight excluding hydrogens is 687 g/mol. The molecule has 1 amide bonds. The monoisotopic (exact) mass is 788 g/mol. The minimum absolute atomic E-state index is 0.0693. The van der Waals surface area contributed by atoms with Gasteiger partial charge in [0.1, 0.15) is 0 Å². The molecule has 0 rings (SSSR count). The first-order valence-corrected chi connectivity index (χ1v) is 25.6. The summed E-state index contributed by atoms with van der Waals surface area (Å²) in [5, 5.41) is 23.1. The van der Waals surface area contributed by atoms with Gasteiger partial charge in [0.25, 0.3) is 0 Å². The van der Waals surface area contributed by atoms with E-state index < -0.39 is 12.1 Å². The highest BCUT2D eigenvalue weighted by Gasteiger charge is 2.18. The second kappa shape index (κ2) is 48.2. The molecule has 0 saturated heterocycles. The van der Waals surface area contributed by atoms with Crippen LogP contribution in [0, 0.1) is 0 Å². The Morgan fingerprint density at radius 1 is 0.411 bits per heavy atom. The lowest BCUT2D eigenvalue weighted by molar-refractivity contribution is -0.123. The SMILES string of the molecule is CCCCCCCCC/C=C\CCCCCCCC(=O)NC(CO)C(O)/C=C/CCCCCCCCCCCCCCCCCCCCCCCCCCCC. The van der Waals surface area contributed by atoms with E-state index in [0.29, 0.717) is 6.42 Å². The summed E-state index contributed by atoms with van der Waals surface area (Å²) in [5.74, 6) is -0.0693. The number of hydrogen-bond donors (Lipinski definition) is 3. The molecule has 0 fully saturated rings. The largest absolute Gasteiger partial charge is 0.394 e. The summed E-state index contributed by atoms with van der Waals surface area (Å²) in [6.45, 7) is 4.33. The number of amides is 1. The standard InChI is InChI=1S/C52H101NO3/c1-3-5-7-9-11-13-15-17-19-21-22-23-24-25-26-27-28-29-30-31-32-33-35-37-39-41-43-45-47-51(55)50(49-54)53-52(56)48-46-44-42-40-38-36-34-20-18-16-14-12-10-8-6-4-2/h20,34,45,47,50-51,54-55H,3-19,21-33,35-44,46,48-49H2,1-2H3,(H,53,56)/b34-20-,47-45+. The third-order valence-corrected chi connectivity index (χ3v) is 11.9. The van der Waals surface area contributed by atoms with Crippen molar-refractivity contribution in [3.05, 3.63) is 24.3 Å². The van der Waals surface area contributed by atoms with Crippen molar-refractivity contribution in [2.24, 2.45) is 0 Å². The van der Waals surface area contributed by atoms with Gasteiger partial charge in [-0.3, -0.25) is 4.79 Å². The molecule has 0 aromatic rings. The van der Waals surface area contributed by atoms with Crippen LogP contribution in [0.5, 0.6) is 0 Å². The Kier molecular flexibility index (Phi) is 47.3. The van der Waals surface area contributed by atoms with Gasteiger partial charge in [0.2, 0.25) is 5.91 Å². The van der Waals surface area contributed by atoms with E-state index in [0.717, 1.165) is 32.1 Å². The zero-order chi connectivity index (χ0) is 40.7. The maximum absolute atomic E-state index is 12.4. The molecule has 0 saturated carbocycles. The molecule has 0 heterocycles. The fraction of sp³-hybridized carbons (Fsp3) is 0.904. The van der Waals surface area contributed by atoms with Gasteiger partial charge in [-0.25, -0.2) is 0 Å². The predicted molar refractivity (Wildman–Crippen MR) is 249 cm³/mol. The molecule has 0 bridgehead atoms. The highest BCUT2D eigenvalue weighted by Crippen LogP contribution is 2.17. The highest BCUT2D eigenvalue weighted by atomic mass is 16.3. The number of allylic oxidation sites excluding steroid dienone is 3. The predicted octanol–water partition coefficient (Wildman–Crippen LogP) is 16.4. The Balaban J connectivity index is 3.48. The number of carbonyl (C=O) groups excluding carboxylic acids is 1. The van der Waals surface area contributed by atoms with Crippen molar-refractivity contribution in [1.29, 1.82) is 0 Å². The molecular formula is C52H101NO3. The minimum Gasteiger partial charge on any atom is -0.394 e. The zero-order valence-electron chi connectivity index (χ0n) is 38.2. The molecule has 4 heteroatoms. The summed E-state index contributed by atoms with van der Waals surface area (Å²) in [6.07, 6.45) is 63.2. The fourth-order valence-corrected chi connectivity index (χ4v) is 8.00. The van der Waals surface area contributed by atoms with Crippen LogP contribution in [0.4, 0.5) is 0 Å². The number of aliphatic hydroxyl groups excluding tert-OH is 2. The fourth-order valence-electron chi connectivity index (χ4n) is 8.00. The minimum atomic E-state index is -0.841. The Morgan fingerprint density at radius 3 is 0.982 bits per heavy atom. The zero-order valence-corrected chi connectivity index (χ0v) is 38.2. The van der Waals surface area contributed by atoms with E-state index in [1.54, 1.807) is 6.08 Å². The lowest BCUT2D eigenvalue weighted by Gasteiger charge is -2.20. The second-order valence-electron chi connectivity index (χ2n) is 17.6. The Morgan fingerprint density at radius 2 is 0.679 bits per heavy atom. The van der Waals surface area contributed by atoms with Crippen molar-refractivity contribution in [2.75, 3.05) is 6.61 Å². The molecule has 4 nitrogen and oxygen atoms in total. The number of aliphatic hydroxyl groups is 2. The van der Waals surface area contributed by atoms with Crippen LogP contribution in [0.1, 0.15) is 284 Å².